The molecule has 0 saturated heterocycles. The summed E-state index contributed by atoms with van der Waals surface area (Å²) in [5, 5.41) is 21.5. The molecule has 2 aromatic carbocycles. The van der Waals surface area contributed by atoms with Gasteiger partial charge in [0, 0.05) is 12.1 Å². The average molecular weight is 430 g/mol. The monoisotopic (exact) mass is 429 g/mol. The second kappa shape index (κ2) is 8.71. The van der Waals surface area contributed by atoms with E-state index in [2.05, 4.69) is 32.6 Å². The smallest absolute Gasteiger partial charge is 0.196 e. The summed E-state index contributed by atoms with van der Waals surface area (Å²) in [6.07, 6.45) is 0.921. The van der Waals surface area contributed by atoms with Gasteiger partial charge in [0.25, 0.3) is 0 Å². The Labute approximate surface area is 175 Å². The fourth-order valence-corrected chi connectivity index (χ4v) is 3.97. The van der Waals surface area contributed by atoms with Gasteiger partial charge in [-0.15, -0.1) is 15.3 Å². The second-order valence-corrected chi connectivity index (χ2v) is 7.53. The molecule has 2 heterocycles. The molecule has 0 radical (unpaired) electrons. The minimum Gasteiger partial charge on any atom is -0.267 e. The highest BCUT2D eigenvalue weighted by Crippen LogP contribution is 2.33. The molecule has 0 aliphatic carbocycles. The average Bonchev–Trinajstić information content (AvgIpc) is 3.34. The van der Waals surface area contributed by atoms with Crippen molar-refractivity contribution in [3.63, 3.8) is 0 Å². The van der Waals surface area contributed by atoms with E-state index < -0.39 is 0 Å². The number of aromatic nitrogens is 7. The molecular weight excluding hydrogens is 413 g/mol. The van der Waals surface area contributed by atoms with Crippen LogP contribution in [0.2, 0.25) is 5.02 Å². The first-order chi connectivity index (χ1) is 14.2. The first-order valence-corrected chi connectivity index (χ1v) is 10.4. The topological polar surface area (TPSA) is 74.3 Å². The highest BCUT2D eigenvalue weighted by Gasteiger charge is 2.20. The third kappa shape index (κ3) is 4.01. The summed E-state index contributed by atoms with van der Waals surface area (Å²) < 4.78 is 18.1. The molecule has 0 amide bonds. The maximum absolute atomic E-state index is 14.7. The van der Waals surface area contributed by atoms with E-state index in [9.17, 15) is 4.39 Å². The largest absolute Gasteiger partial charge is 0.267 e. The van der Waals surface area contributed by atoms with Crippen molar-refractivity contribution in [3.05, 3.63) is 65.2 Å². The van der Waals surface area contributed by atoms with Crippen LogP contribution in [0.1, 0.15) is 19.2 Å². The fourth-order valence-electron chi connectivity index (χ4n) is 2.87. The minimum atomic E-state index is -0.377. The zero-order valence-electron chi connectivity index (χ0n) is 15.5. The highest BCUT2D eigenvalue weighted by molar-refractivity contribution is 7.98. The van der Waals surface area contributed by atoms with Crippen molar-refractivity contribution in [1.82, 2.24) is 35.0 Å². The predicted molar refractivity (Wildman–Crippen MR) is 109 cm³/mol. The van der Waals surface area contributed by atoms with Crippen LogP contribution in [0.4, 0.5) is 4.39 Å². The number of hydrogen-bond donors (Lipinski definition) is 0. The van der Waals surface area contributed by atoms with Gasteiger partial charge in [-0.25, -0.2) is 9.07 Å². The first kappa shape index (κ1) is 19.5. The molecule has 0 unspecified atom stereocenters. The Hall–Kier alpha value is -2.78. The number of nitrogens with zero attached hydrogens (tertiary/aromatic N) is 7. The van der Waals surface area contributed by atoms with Crippen LogP contribution in [-0.2, 0) is 12.3 Å². The van der Waals surface area contributed by atoms with Crippen molar-refractivity contribution in [2.75, 3.05) is 0 Å². The number of tetrazole rings is 1. The van der Waals surface area contributed by atoms with Crippen LogP contribution in [0.25, 0.3) is 17.1 Å². The van der Waals surface area contributed by atoms with Crippen LogP contribution in [0.15, 0.2) is 53.7 Å². The molecule has 0 N–H and O–H groups in total. The summed E-state index contributed by atoms with van der Waals surface area (Å²) in [5.74, 6) is 1.29. The van der Waals surface area contributed by atoms with Gasteiger partial charge >= 0.3 is 0 Å². The maximum atomic E-state index is 14.7. The summed E-state index contributed by atoms with van der Waals surface area (Å²) in [6.45, 7) is 2.79. The number of thioether (sulfide) groups is 1. The van der Waals surface area contributed by atoms with Gasteiger partial charge in [0.05, 0.1) is 16.5 Å². The van der Waals surface area contributed by atoms with Crippen LogP contribution in [-0.4, -0.2) is 35.0 Å². The van der Waals surface area contributed by atoms with Gasteiger partial charge in [0.2, 0.25) is 0 Å². The molecule has 0 fully saturated rings. The fraction of sp³-hybridized carbons (Fsp3) is 0.211. The lowest BCUT2D eigenvalue weighted by Crippen LogP contribution is -2.06. The van der Waals surface area contributed by atoms with Gasteiger partial charge in [-0.3, -0.25) is 4.57 Å². The van der Waals surface area contributed by atoms with E-state index >= 15 is 0 Å². The summed E-state index contributed by atoms with van der Waals surface area (Å²) in [7, 11) is 0. The summed E-state index contributed by atoms with van der Waals surface area (Å²) >= 11 is 7.76. The molecule has 0 aliphatic rings. The summed E-state index contributed by atoms with van der Waals surface area (Å²) in [5.41, 5.74) is 1.02. The Bertz CT molecular complexity index is 1130. The predicted octanol–water partition coefficient (Wildman–Crippen LogP) is 4.42. The Morgan fingerprint density at radius 1 is 1.03 bits per heavy atom. The zero-order chi connectivity index (χ0) is 20.2. The molecule has 29 heavy (non-hydrogen) atoms. The molecule has 0 aliphatic heterocycles. The summed E-state index contributed by atoms with van der Waals surface area (Å²) in [4.78, 5) is 0. The lowest BCUT2D eigenvalue weighted by atomic mass is 10.2. The molecule has 148 valence electrons. The van der Waals surface area contributed by atoms with E-state index in [4.69, 9.17) is 11.6 Å². The van der Waals surface area contributed by atoms with Crippen LogP contribution in [0.3, 0.4) is 0 Å². The van der Waals surface area contributed by atoms with Gasteiger partial charge < -0.3 is 0 Å². The van der Waals surface area contributed by atoms with E-state index in [1.54, 1.807) is 33.5 Å². The van der Waals surface area contributed by atoms with Crippen molar-refractivity contribution in [2.45, 2.75) is 30.8 Å². The van der Waals surface area contributed by atoms with Gasteiger partial charge in [-0.1, -0.05) is 54.6 Å². The Balaban J connectivity index is 1.76. The highest BCUT2D eigenvalue weighted by atomic mass is 35.5. The van der Waals surface area contributed by atoms with Crippen molar-refractivity contribution in [3.8, 4) is 17.1 Å². The molecular formula is C19H17ClFN7S. The molecule has 0 saturated carbocycles. The molecule has 10 heteroatoms. The standard InChI is InChI=1S/C19H17ClFN7S/c1-2-11-27-17(22-25-26-27)12-29-19-24-23-18(13-7-3-4-8-14(13)20)28(19)16-10-6-5-9-15(16)21/h3-10H,2,11-12H2,1H3. The van der Waals surface area contributed by atoms with Gasteiger partial charge in [-0.05, 0) is 41.1 Å². The minimum absolute atomic E-state index is 0.350. The second-order valence-electron chi connectivity index (χ2n) is 6.18. The van der Waals surface area contributed by atoms with E-state index in [0.717, 1.165) is 18.8 Å². The normalized spacial score (nSPS) is 11.1. The Morgan fingerprint density at radius 2 is 1.83 bits per heavy atom. The maximum Gasteiger partial charge on any atom is 0.196 e. The SMILES string of the molecule is CCCn1nnnc1CSc1nnc(-c2ccccc2Cl)n1-c1ccccc1F. The number of hydrogen-bond acceptors (Lipinski definition) is 6. The number of rotatable bonds is 7. The summed E-state index contributed by atoms with van der Waals surface area (Å²) in [6, 6.07) is 13.8. The van der Waals surface area contributed by atoms with Crippen LogP contribution >= 0.6 is 23.4 Å². The molecule has 4 rings (SSSR count). The molecule has 7 nitrogen and oxygen atoms in total. The van der Waals surface area contributed by atoms with Crippen molar-refractivity contribution >= 4 is 23.4 Å². The van der Waals surface area contributed by atoms with E-state index in [0.29, 0.717) is 33.0 Å². The third-order valence-electron chi connectivity index (χ3n) is 4.21. The molecule has 4 aromatic rings. The van der Waals surface area contributed by atoms with E-state index in [-0.39, 0.29) is 5.82 Å². The van der Waals surface area contributed by atoms with E-state index in [1.807, 2.05) is 18.2 Å². The van der Waals surface area contributed by atoms with Gasteiger partial charge in [0.1, 0.15) is 5.82 Å². The van der Waals surface area contributed by atoms with Crippen LogP contribution < -0.4 is 0 Å². The quantitative estimate of drug-likeness (QED) is 0.405. The third-order valence-corrected chi connectivity index (χ3v) is 5.47. The lowest BCUT2D eigenvalue weighted by molar-refractivity contribution is 0.564. The molecule has 0 atom stereocenters. The molecule has 0 spiro atoms. The Morgan fingerprint density at radius 3 is 2.62 bits per heavy atom. The number of benzene rings is 2. The number of aryl methyl sites for hydroxylation is 1. The van der Waals surface area contributed by atoms with Crippen molar-refractivity contribution in [1.29, 1.82) is 0 Å². The molecule has 2 aromatic heterocycles. The van der Waals surface area contributed by atoms with Crippen LogP contribution in [0, 0.1) is 5.82 Å². The van der Waals surface area contributed by atoms with E-state index in [1.165, 1.54) is 17.8 Å². The van der Waals surface area contributed by atoms with Crippen molar-refractivity contribution < 1.29 is 4.39 Å². The van der Waals surface area contributed by atoms with Crippen LogP contribution in [0.5, 0.6) is 0 Å². The molecule has 0 bridgehead atoms. The van der Waals surface area contributed by atoms with Gasteiger partial charge in [0.15, 0.2) is 16.8 Å². The first-order valence-electron chi connectivity index (χ1n) is 9.02. The van der Waals surface area contributed by atoms with Gasteiger partial charge in [-0.2, -0.15) is 0 Å². The number of para-hydroxylation sites is 1. The van der Waals surface area contributed by atoms with Crippen molar-refractivity contribution in [2.24, 2.45) is 0 Å². The zero-order valence-corrected chi connectivity index (χ0v) is 17.1. The lowest BCUT2D eigenvalue weighted by Gasteiger charge is -2.12. The Kier molecular flexibility index (Phi) is 5.86. The number of halogens is 2.